The van der Waals surface area contributed by atoms with Crippen LogP contribution < -0.4 is 5.32 Å². The number of urea groups is 1. The summed E-state index contributed by atoms with van der Waals surface area (Å²) in [5, 5.41) is 11.5. The molecule has 2 amide bonds. The van der Waals surface area contributed by atoms with Crippen LogP contribution in [0.25, 0.3) is 0 Å². The van der Waals surface area contributed by atoms with Crippen LogP contribution in [-0.2, 0) is 0 Å². The number of aliphatic hydroxyl groups excluding tert-OH is 1. The Morgan fingerprint density at radius 3 is 2.89 bits per heavy atom. The maximum absolute atomic E-state index is 13.0. The summed E-state index contributed by atoms with van der Waals surface area (Å²) in [6, 6.07) is 5.87. The number of benzene rings is 1. The van der Waals surface area contributed by atoms with E-state index in [0.29, 0.717) is 18.7 Å². The van der Waals surface area contributed by atoms with Gasteiger partial charge in [0.1, 0.15) is 5.82 Å². The molecule has 0 spiro atoms. The van der Waals surface area contributed by atoms with E-state index in [2.05, 4.69) is 5.32 Å². The maximum atomic E-state index is 13.0. The minimum Gasteiger partial charge on any atom is -0.396 e. The number of carbonyl (C=O) groups excluding carboxylic acids is 1. The van der Waals surface area contributed by atoms with Crippen molar-refractivity contribution in [1.29, 1.82) is 0 Å². The summed E-state index contributed by atoms with van der Waals surface area (Å²) < 4.78 is 13.0. The fourth-order valence-electron chi connectivity index (χ4n) is 1.84. The molecule has 0 aliphatic heterocycles. The van der Waals surface area contributed by atoms with E-state index in [-0.39, 0.29) is 24.5 Å². The van der Waals surface area contributed by atoms with E-state index < -0.39 is 0 Å². The van der Waals surface area contributed by atoms with E-state index in [1.165, 1.54) is 12.1 Å². The van der Waals surface area contributed by atoms with Crippen LogP contribution in [0.15, 0.2) is 24.3 Å². The number of anilines is 1. The maximum Gasteiger partial charge on any atom is 0.322 e. The molecule has 2 rings (SSSR count). The van der Waals surface area contributed by atoms with Crippen LogP contribution in [0.3, 0.4) is 0 Å². The topological polar surface area (TPSA) is 52.6 Å². The van der Waals surface area contributed by atoms with Gasteiger partial charge in [0.25, 0.3) is 0 Å². The van der Waals surface area contributed by atoms with Crippen LogP contribution in [0.1, 0.15) is 19.3 Å². The minimum atomic E-state index is -0.374. The first kappa shape index (κ1) is 12.8. The smallest absolute Gasteiger partial charge is 0.322 e. The molecule has 98 valence electrons. The standard InChI is InChI=1S/C13H17FN2O2/c14-10-3-1-4-11(9-10)15-13(18)16(7-2-8-17)12-5-6-12/h1,3-4,9,12,17H,2,5-8H2,(H,15,18). The normalized spacial score (nSPS) is 14.3. The van der Waals surface area contributed by atoms with Crippen LogP contribution in [0.4, 0.5) is 14.9 Å². The lowest BCUT2D eigenvalue weighted by atomic mass is 10.3. The zero-order valence-corrected chi connectivity index (χ0v) is 10.1. The SMILES string of the molecule is O=C(Nc1cccc(F)c1)N(CCCO)C1CC1. The molecule has 1 saturated carbocycles. The molecule has 0 radical (unpaired) electrons. The predicted octanol–water partition coefficient (Wildman–Crippen LogP) is 2.20. The molecule has 1 aromatic carbocycles. The molecule has 4 nitrogen and oxygen atoms in total. The van der Waals surface area contributed by atoms with Crippen molar-refractivity contribution in [3.8, 4) is 0 Å². The molecule has 0 unspecified atom stereocenters. The van der Waals surface area contributed by atoms with Gasteiger partial charge in [0.15, 0.2) is 0 Å². The summed E-state index contributed by atoms with van der Waals surface area (Å²) in [6.45, 7) is 0.596. The van der Waals surface area contributed by atoms with Crippen molar-refractivity contribution >= 4 is 11.7 Å². The first-order valence-corrected chi connectivity index (χ1v) is 6.15. The fourth-order valence-corrected chi connectivity index (χ4v) is 1.84. The number of carbonyl (C=O) groups is 1. The van der Waals surface area contributed by atoms with Crippen molar-refractivity contribution in [2.24, 2.45) is 0 Å². The molecule has 0 bridgehead atoms. The average molecular weight is 252 g/mol. The number of halogens is 1. The van der Waals surface area contributed by atoms with Crippen LogP contribution in [0, 0.1) is 5.82 Å². The molecule has 0 atom stereocenters. The molecule has 0 heterocycles. The lowest BCUT2D eigenvalue weighted by Crippen LogP contribution is -2.37. The van der Waals surface area contributed by atoms with E-state index in [0.717, 1.165) is 12.8 Å². The molecule has 1 fully saturated rings. The summed E-state index contributed by atoms with van der Waals surface area (Å²) >= 11 is 0. The van der Waals surface area contributed by atoms with Crippen molar-refractivity contribution in [1.82, 2.24) is 4.90 Å². The van der Waals surface area contributed by atoms with Gasteiger partial charge >= 0.3 is 6.03 Å². The third kappa shape index (κ3) is 3.43. The summed E-state index contributed by atoms with van der Waals surface area (Å²) in [4.78, 5) is 13.7. The Morgan fingerprint density at radius 2 is 2.28 bits per heavy atom. The Labute approximate surface area is 105 Å². The second-order valence-corrected chi connectivity index (χ2v) is 4.44. The van der Waals surface area contributed by atoms with Gasteiger partial charge in [0.2, 0.25) is 0 Å². The third-order valence-corrected chi connectivity index (χ3v) is 2.88. The lowest BCUT2D eigenvalue weighted by molar-refractivity contribution is 0.199. The number of nitrogens with one attached hydrogen (secondary N) is 1. The molecule has 0 saturated heterocycles. The van der Waals surface area contributed by atoms with Crippen LogP contribution in [0.5, 0.6) is 0 Å². The summed E-state index contributed by atoms with van der Waals surface area (Å²) in [7, 11) is 0. The molecule has 2 N–H and O–H groups in total. The Bertz CT molecular complexity index is 421. The quantitative estimate of drug-likeness (QED) is 0.844. The van der Waals surface area contributed by atoms with Crippen molar-refractivity contribution in [2.45, 2.75) is 25.3 Å². The number of hydrogen-bond donors (Lipinski definition) is 2. The molecular formula is C13H17FN2O2. The zero-order valence-electron chi connectivity index (χ0n) is 10.1. The van der Waals surface area contributed by atoms with Crippen molar-refractivity contribution < 1.29 is 14.3 Å². The van der Waals surface area contributed by atoms with E-state index in [4.69, 9.17) is 5.11 Å². The zero-order chi connectivity index (χ0) is 13.0. The van der Waals surface area contributed by atoms with Gasteiger partial charge in [-0.05, 0) is 37.5 Å². The van der Waals surface area contributed by atoms with E-state index in [1.807, 2.05) is 0 Å². The second kappa shape index (κ2) is 5.82. The molecule has 1 aliphatic rings. The Morgan fingerprint density at radius 1 is 1.50 bits per heavy atom. The third-order valence-electron chi connectivity index (χ3n) is 2.88. The number of rotatable bonds is 5. The molecular weight excluding hydrogens is 235 g/mol. The van der Waals surface area contributed by atoms with Crippen LogP contribution in [0.2, 0.25) is 0 Å². The highest BCUT2D eigenvalue weighted by molar-refractivity contribution is 5.89. The number of amides is 2. The number of aliphatic hydroxyl groups is 1. The van der Waals surface area contributed by atoms with E-state index >= 15 is 0 Å². The van der Waals surface area contributed by atoms with Gasteiger partial charge in [0, 0.05) is 24.9 Å². The van der Waals surface area contributed by atoms with Crippen LogP contribution in [-0.4, -0.2) is 35.2 Å². The van der Waals surface area contributed by atoms with Gasteiger partial charge in [-0.1, -0.05) is 6.07 Å². The number of nitrogens with zero attached hydrogens (tertiary/aromatic N) is 1. The minimum absolute atomic E-state index is 0.0659. The van der Waals surface area contributed by atoms with E-state index in [9.17, 15) is 9.18 Å². The Kier molecular flexibility index (Phi) is 4.15. The molecule has 5 heteroatoms. The van der Waals surface area contributed by atoms with Gasteiger partial charge < -0.3 is 15.3 Å². The number of hydrogen-bond acceptors (Lipinski definition) is 2. The summed E-state index contributed by atoms with van der Waals surface area (Å²) in [6.07, 6.45) is 2.57. The highest BCUT2D eigenvalue weighted by atomic mass is 19.1. The summed E-state index contributed by atoms with van der Waals surface area (Å²) in [5.41, 5.74) is 0.453. The Hall–Kier alpha value is -1.62. The molecule has 0 aromatic heterocycles. The largest absolute Gasteiger partial charge is 0.396 e. The van der Waals surface area contributed by atoms with Gasteiger partial charge in [-0.3, -0.25) is 0 Å². The lowest BCUT2D eigenvalue weighted by Gasteiger charge is -2.22. The van der Waals surface area contributed by atoms with Crippen molar-refractivity contribution in [3.05, 3.63) is 30.1 Å². The van der Waals surface area contributed by atoms with Gasteiger partial charge in [-0.25, -0.2) is 9.18 Å². The fraction of sp³-hybridized carbons (Fsp3) is 0.462. The highest BCUT2D eigenvalue weighted by Gasteiger charge is 2.32. The molecule has 1 aromatic rings. The molecule has 1 aliphatic carbocycles. The van der Waals surface area contributed by atoms with Gasteiger partial charge in [-0.2, -0.15) is 0 Å². The monoisotopic (exact) mass is 252 g/mol. The van der Waals surface area contributed by atoms with E-state index in [1.54, 1.807) is 17.0 Å². The first-order valence-electron chi connectivity index (χ1n) is 6.15. The van der Waals surface area contributed by atoms with Gasteiger partial charge in [-0.15, -0.1) is 0 Å². The van der Waals surface area contributed by atoms with Gasteiger partial charge in [0.05, 0.1) is 0 Å². The summed E-state index contributed by atoms with van der Waals surface area (Å²) in [5.74, 6) is -0.374. The van der Waals surface area contributed by atoms with Crippen molar-refractivity contribution in [3.63, 3.8) is 0 Å². The van der Waals surface area contributed by atoms with Crippen molar-refractivity contribution in [2.75, 3.05) is 18.5 Å². The molecule has 18 heavy (non-hydrogen) atoms. The Balaban J connectivity index is 1.96. The highest BCUT2D eigenvalue weighted by Crippen LogP contribution is 2.27. The second-order valence-electron chi connectivity index (χ2n) is 4.44. The average Bonchev–Trinajstić information content (AvgIpc) is 3.14. The first-order chi connectivity index (χ1) is 8.70. The van der Waals surface area contributed by atoms with Crippen LogP contribution >= 0.6 is 0 Å². The predicted molar refractivity (Wildman–Crippen MR) is 66.8 cm³/mol.